The van der Waals surface area contributed by atoms with E-state index in [4.69, 9.17) is 4.74 Å². The maximum atomic E-state index is 14.0. The molecule has 2 fully saturated rings. The van der Waals surface area contributed by atoms with Crippen molar-refractivity contribution in [2.45, 2.75) is 12.1 Å². The lowest BCUT2D eigenvalue weighted by molar-refractivity contribution is -0.124. The number of imide groups is 1. The molecule has 2 amide bonds. The first-order valence-electron chi connectivity index (χ1n) is 11.7. The fourth-order valence-electron chi connectivity index (χ4n) is 5.64. The Kier molecular flexibility index (Phi) is 5.22. The average Bonchev–Trinajstić information content (AvgIpc) is 3.40. The Hall–Kier alpha value is -4.66. The Morgan fingerprint density at radius 3 is 2.32 bits per heavy atom. The van der Waals surface area contributed by atoms with E-state index in [0.717, 1.165) is 16.0 Å². The Labute approximate surface area is 210 Å². The summed E-state index contributed by atoms with van der Waals surface area (Å²) >= 11 is 0. The molecule has 0 bridgehead atoms. The summed E-state index contributed by atoms with van der Waals surface area (Å²) in [6.07, 6.45) is 1.61. The number of halogens is 1. The number of hydrogen-bond acceptors (Lipinski definition) is 7. The monoisotopic (exact) mass is 497 g/mol. The zero-order valence-corrected chi connectivity index (χ0v) is 19.6. The summed E-state index contributed by atoms with van der Waals surface area (Å²) in [5.74, 6) is -4.76. The number of rotatable bonds is 4. The first kappa shape index (κ1) is 22.8. The van der Waals surface area contributed by atoms with Crippen molar-refractivity contribution >= 4 is 35.5 Å². The number of hydrogen-bond donors (Lipinski definition) is 0. The van der Waals surface area contributed by atoms with Gasteiger partial charge >= 0.3 is 5.97 Å². The largest absolute Gasteiger partial charge is 0.465 e. The molecule has 0 radical (unpaired) electrons. The number of amides is 2. The van der Waals surface area contributed by atoms with Gasteiger partial charge in [-0.15, -0.1) is 0 Å². The minimum atomic E-state index is -1.10. The SMILES string of the molecule is COC(=O)c1ccccc1N1C(=O)C2C(C1=O)C1c3ccccc3C=NN1C2C(=O)c1ccc(F)cc1. The van der Waals surface area contributed by atoms with Gasteiger partial charge in [0.05, 0.1) is 42.5 Å². The minimum Gasteiger partial charge on any atom is -0.465 e. The number of Topliss-reactive ketones (excluding diaryl/α,β-unsaturated/α-hetero) is 1. The highest BCUT2D eigenvalue weighted by Gasteiger charge is 2.65. The van der Waals surface area contributed by atoms with E-state index in [9.17, 15) is 23.6 Å². The highest BCUT2D eigenvalue weighted by Crippen LogP contribution is 2.53. The molecule has 0 N–H and O–H groups in total. The summed E-state index contributed by atoms with van der Waals surface area (Å²) in [5.41, 5.74) is 1.92. The number of anilines is 1. The van der Waals surface area contributed by atoms with Gasteiger partial charge in [0.25, 0.3) is 0 Å². The van der Waals surface area contributed by atoms with Crippen molar-refractivity contribution in [1.82, 2.24) is 5.01 Å². The molecule has 3 aliphatic rings. The van der Waals surface area contributed by atoms with Crippen LogP contribution in [0, 0.1) is 17.7 Å². The number of fused-ring (bicyclic) bond motifs is 5. The number of para-hydroxylation sites is 1. The van der Waals surface area contributed by atoms with Gasteiger partial charge in [-0.05, 0) is 47.5 Å². The van der Waals surface area contributed by atoms with Crippen LogP contribution in [0.15, 0.2) is 77.9 Å². The second-order valence-electron chi connectivity index (χ2n) is 9.09. The molecule has 4 unspecified atom stereocenters. The van der Waals surface area contributed by atoms with Crippen LogP contribution >= 0.6 is 0 Å². The topological polar surface area (TPSA) is 96.3 Å². The van der Waals surface area contributed by atoms with Crippen LogP contribution in [-0.4, -0.2) is 47.9 Å². The van der Waals surface area contributed by atoms with E-state index in [2.05, 4.69) is 5.10 Å². The molecule has 2 saturated heterocycles. The number of esters is 1. The summed E-state index contributed by atoms with van der Waals surface area (Å²) in [6, 6.07) is 16.9. The van der Waals surface area contributed by atoms with Crippen molar-refractivity contribution in [2.75, 3.05) is 12.0 Å². The predicted octanol–water partition coefficient (Wildman–Crippen LogP) is 3.37. The maximum absolute atomic E-state index is 14.0. The average molecular weight is 497 g/mol. The number of ketones is 1. The number of nitrogens with zero attached hydrogens (tertiary/aromatic N) is 3. The molecule has 0 aromatic heterocycles. The van der Waals surface area contributed by atoms with Crippen molar-refractivity contribution in [3.05, 3.63) is 101 Å². The van der Waals surface area contributed by atoms with Crippen LogP contribution in [0.2, 0.25) is 0 Å². The van der Waals surface area contributed by atoms with Gasteiger partial charge in [0, 0.05) is 5.56 Å². The summed E-state index contributed by atoms with van der Waals surface area (Å²) in [5, 5.41) is 6.03. The van der Waals surface area contributed by atoms with Gasteiger partial charge in [-0.25, -0.2) is 14.1 Å². The number of carbonyl (C=O) groups excluding carboxylic acids is 4. The Balaban J connectivity index is 1.50. The van der Waals surface area contributed by atoms with Gasteiger partial charge in [0.1, 0.15) is 11.9 Å². The Morgan fingerprint density at radius 2 is 1.57 bits per heavy atom. The second kappa shape index (κ2) is 8.48. The van der Waals surface area contributed by atoms with Crippen molar-refractivity contribution in [2.24, 2.45) is 16.9 Å². The first-order chi connectivity index (χ1) is 17.9. The van der Waals surface area contributed by atoms with E-state index in [1.165, 1.54) is 48.5 Å². The molecule has 8 nitrogen and oxygen atoms in total. The molecular weight excluding hydrogens is 477 g/mol. The lowest BCUT2D eigenvalue weighted by Gasteiger charge is -2.34. The third-order valence-electron chi connectivity index (χ3n) is 7.24. The van der Waals surface area contributed by atoms with Crippen LogP contribution in [-0.2, 0) is 14.3 Å². The number of hydrazone groups is 1. The van der Waals surface area contributed by atoms with E-state index in [1.54, 1.807) is 18.3 Å². The van der Waals surface area contributed by atoms with Crippen LogP contribution in [0.25, 0.3) is 0 Å². The summed E-state index contributed by atoms with van der Waals surface area (Å²) in [6.45, 7) is 0. The van der Waals surface area contributed by atoms with Crippen LogP contribution in [0.4, 0.5) is 10.1 Å². The van der Waals surface area contributed by atoms with Crippen molar-refractivity contribution < 1.29 is 28.3 Å². The van der Waals surface area contributed by atoms with Gasteiger partial charge in [0.15, 0.2) is 5.78 Å². The smallest absolute Gasteiger partial charge is 0.339 e. The van der Waals surface area contributed by atoms with Crippen LogP contribution in [0.3, 0.4) is 0 Å². The van der Waals surface area contributed by atoms with Crippen molar-refractivity contribution in [1.29, 1.82) is 0 Å². The molecule has 3 aromatic carbocycles. The van der Waals surface area contributed by atoms with Gasteiger partial charge in [-0.2, -0.15) is 5.10 Å². The molecule has 3 aliphatic heterocycles. The number of benzene rings is 3. The summed E-state index contributed by atoms with van der Waals surface area (Å²) in [7, 11) is 1.22. The molecule has 9 heteroatoms. The van der Waals surface area contributed by atoms with E-state index in [1.807, 2.05) is 24.3 Å². The lowest BCUT2D eigenvalue weighted by Crippen LogP contribution is -2.45. The van der Waals surface area contributed by atoms with E-state index >= 15 is 0 Å². The fraction of sp³-hybridized carbons (Fsp3) is 0.179. The van der Waals surface area contributed by atoms with E-state index < -0.39 is 53.3 Å². The van der Waals surface area contributed by atoms with E-state index in [0.29, 0.717) is 0 Å². The molecule has 0 spiro atoms. The highest BCUT2D eigenvalue weighted by atomic mass is 19.1. The van der Waals surface area contributed by atoms with Crippen LogP contribution < -0.4 is 4.90 Å². The Bertz CT molecular complexity index is 1500. The lowest BCUT2D eigenvalue weighted by atomic mass is 9.83. The number of carbonyl (C=O) groups is 4. The molecule has 37 heavy (non-hydrogen) atoms. The molecule has 184 valence electrons. The molecule has 6 rings (SSSR count). The number of methoxy groups -OCH3 is 1. The molecule has 3 aromatic rings. The normalized spacial score (nSPS) is 23.5. The first-order valence-corrected chi connectivity index (χ1v) is 11.7. The standard InChI is InChI=1S/C28H20FN3O5/c1-37-28(36)19-8-4-5-9-20(19)31-26(34)21-22(27(31)35)24(25(33)15-10-12-17(29)13-11-15)32-23(21)18-7-3-2-6-16(18)14-30-32/h2-14,21-24H,1H3. The number of ether oxygens (including phenoxy) is 1. The zero-order chi connectivity index (χ0) is 25.8. The molecule has 3 heterocycles. The fourth-order valence-corrected chi connectivity index (χ4v) is 5.64. The predicted molar refractivity (Wildman–Crippen MR) is 130 cm³/mol. The quantitative estimate of drug-likeness (QED) is 0.312. The van der Waals surface area contributed by atoms with E-state index in [-0.39, 0.29) is 16.8 Å². The Morgan fingerprint density at radius 1 is 0.892 bits per heavy atom. The molecular formula is C28H20FN3O5. The van der Waals surface area contributed by atoms with Gasteiger partial charge in [-0.1, -0.05) is 36.4 Å². The van der Waals surface area contributed by atoms with Crippen LogP contribution in [0.1, 0.15) is 37.9 Å². The van der Waals surface area contributed by atoms with Crippen LogP contribution in [0.5, 0.6) is 0 Å². The van der Waals surface area contributed by atoms with Gasteiger partial charge in [-0.3, -0.25) is 19.4 Å². The van der Waals surface area contributed by atoms with Crippen molar-refractivity contribution in [3.8, 4) is 0 Å². The third-order valence-corrected chi connectivity index (χ3v) is 7.24. The highest BCUT2D eigenvalue weighted by molar-refractivity contribution is 6.26. The molecule has 0 aliphatic carbocycles. The molecule has 0 saturated carbocycles. The minimum absolute atomic E-state index is 0.0620. The zero-order valence-electron chi connectivity index (χ0n) is 19.6. The van der Waals surface area contributed by atoms with Gasteiger partial charge in [0.2, 0.25) is 11.8 Å². The maximum Gasteiger partial charge on any atom is 0.339 e. The summed E-state index contributed by atoms with van der Waals surface area (Å²) < 4.78 is 18.4. The summed E-state index contributed by atoms with van der Waals surface area (Å²) in [4.78, 5) is 55.2. The van der Waals surface area contributed by atoms with Crippen molar-refractivity contribution in [3.63, 3.8) is 0 Å². The van der Waals surface area contributed by atoms with Gasteiger partial charge < -0.3 is 4.74 Å². The third kappa shape index (κ3) is 3.31. The molecule has 4 atom stereocenters. The second-order valence-corrected chi connectivity index (χ2v) is 9.09.